The third-order valence-electron chi connectivity index (χ3n) is 2.63. The van der Waals surface area contributed by atoms with E-state index >= 15 is 0 Å². The van der Waals surface area contributed by atoms with Gasteiger partial charge in [0.25, 0.3) is 0 Å². The molecule has 1 unspecified atom stereocenters. The number of halogens is 1. The van der Waals surface area contributed by atoms with Crippen LogP contribution >= 0.6 is 11.6 Å². The average Bonchev–Trinajstić information content (AvgIpc) is 2.59. The van der Waals surface area contributed by atoms with Gasteiger partial charge in [0.1, 0.15) is 6.04 Å². The molecule has 5 nitrogen and oxygen atoms in total. The maximum Gasteiger partial charge on any atom is 0.328 e. The molecule has 2 rings (SSSR count). The molecule has 0 aliphatic carbocycles. The van der Waals surface area contributed by atoms with E-state index in [1.165, 1.54) is 12.1 Å². The Labute approximate surface area is 109 Å². The highest BCUT2D eigenvalue weighted by Crippen LogP contribution is 2.35. The second-order valence-electron chi connectivity index (χ2n) is 3.73. The summed E-state index contributed by atoms with van der Waals surface area (Å²) in [6, 6.07) is 3.14. The number of benzene rings is 1. The van der Waals surface area contributed by atoms with Crippen molar-refractivity contribution < 1.29 is 17.9 Å². The van der Waals surface area contributed by atoms with Crippen LogP contribution in [0.15, 0.2) is 28.0 Å². The van der Waals surface area contributed by atoms with E-state index in [-0.39, 0.29) is 9.80 Å². The van der Waals surface area contributed by atoms with Crippen molar-refractivity contribution in [3.05, 3.63) is 33.7 Å². The van der Waals surface area contributed by atoms with Crippen molar-refractivity contribution in [1.29, 1.82) is 0 Å². The maximum atomic E-state index is 12.2. The minimum absolute atomic E-state index is 0.0596. The van der Waals surface area contributed by atoms with Crippen LogP contribution in [0.5, 0.6) is 0 Å². The van der Waals surface area contributed by atoms with Crippen LogP contribution in [0.2, 0.25) is 5.02 Å². The molecule has 1 atom stereocenters. The Morgan fingerprint density at radius 1 is 1.44 bits per heavy atom. The molecular weight excluding hydrogens is 278 g/mol. The number of sulfone groups is 1. The minimum Gasteiger partial charge on any atom is -0.468 e. The van der Waals surface area contributed by atoms with E-state index in [0.29, 0.717) is 10.6 Å². The lowest BCUT2D eigenvalue weighted by Crippen LogP contribution is -2.35. The summed E-state index contributed by atoms with van der Waals surface area (Å²) >= 11 is 5.76. The highest BCUT2D eigenvalue weighted by Gasteiger charge is 2.36. The molecular formula is C11H10ClNO4S. The van der Waals surface area contributed by atoms with E-state index < -0.39 is 21.8 Å². The van der Waals surface area contributed by atoms with Crippen LogP contribution in [0.1, 0.15) is 5.56 Å². The number of hydrogen-bond donors (Lipinski definition) is 1. The number of esters is 1. The first-order chi connectivity index (χ1) is 8.37. The van der Waals surface area contributed by atoms with E-state index in [0.717, 1.165) is 7.11 Å². The fraction of sp³-hybridized carbons (Fsp3) is 0.182. The molecule has 0 saturated carbocycles. The normalized spacial score (nSPS) is 17.8. The van der Waals surface area contributed by atoms with Crippen LogP contribution < -0.4 is 5.73 Å². The molecule has 18 heavy (non-hydrogen) atoms. The molecule has 7 heteroatoms. The van der Waals surface area contributed by atoms with Crippen LogP contribution in [-0.2, 0) is 19.4 Å². The van der Waals surface area contributed by atoms with Crippen molar-refractivity contribution >= 4 is 33.5 Å². The predicted octanol–water partition coefficient (Wildman–Crippen LogP) is 0.968. The number of fused-ring (bicyclic) bond motifs is 1. The zero-order chi connectivity index (χ0) is 13.5. The van der Waals surface area contributed by atoms with E-state index in [2.05, 4.69) is 4.74 Å². The molecule has 1 aromatic rings. The van der Waals surface area contributed by atoms with Crippen molar-refractivity contribution in [2.24, 2.45) is 5.73 Å². The molecule has 0 amide bonds. The van der Waals surface area contributed by atoms with Gasteiger partial charge in [-0.25, -0.2) is 13.2 Å². The van der Waals surface area contributed by atoms with Gasteiger partial charge in [-0.3, -0.25) is 0 Å². The first-order valence-electron chi connectivity index (χ1n) is 4.97. The second kappa shape index (κ2) is 4.38. The lowest BCUT2D eigenvalue weighted by molar-refractivity contribution is -0.141. The largest absolute Gasteiger partial charge is 0.468 e. The summed E-state index contributed by atoms with van der Waals surface area (Å²) in [5.41, 5.74) is 6.04. The molecule has 1 aliphatic rings. The van der Waals surface area contributed by atoms with Crippen molar-refractivity contribution in [3.63, 3.8) is 0 Å². The Balaban J connectivity index is 2.54. The van der Waals surface area contributed by atoms with Crippen LogP contribution in [0.25, 0.3) is 6.08 Å². The summed E-state index contributed by atoms with van der Waals surface area (Å²) in [7, 11) is -2.63. The number of hydrogen-bond acceptors (Lipinski definition) is 5. The van der Waals surface area contributed by atoms with Gasteiger partial charge < -0.3 is 10.5 Å². The fourth-order valence-corrected chi connectivity index (χ4v) is 3.64. The Hall–Kier alpha value is -1.37. The molecule has 0 aromatic heterocycles. The Bertz CT molecular complexity index is 651. The molecule has 1 aliphatic heterocycles. The zero-order valence-corrected chi connectivity index (χ0v) is 11.0. The quantitative estimate of drug-likeness (QED) is 0.819. The second-order valence-corrected chi connectivity index (χ2v) is 6.09. The zero-order valence-electron chi connectivity index (χ0n) is 9.38. The van der Waals surface area contributed by atoms with Crippen LogP contribution in [0.3, 0.4) is 0 Å². The highest BCUT2D eigenvalue weighted by atomic mass is 35.5. The third-order valence-corrected chi connectivity index (χ3v) is 4.79. The summed E-state index contributed by atoms with van der Waals surface area (Å²) < 4.78 is 28.8. The van der Waals surface area contributed by atoms with Crippen molar-refractivity contribution in [3.8, 4) is 0 Å². The van der Waals surface area contributed by atoms with Gasteiger partial charge in [0, 0.05) is 5.02 Å². The number of carbonyl (C=O) groups excluding carboxylic acids is 1. The van der Waals surface area contributed by atoms with Gasteiger partial charge in [-0.15, -0.1) is 0 Å². The summed E-state index contributed by atoms with van der Waals surface area (Å²) in [4.78, 5) is 11.2. The van der Waals surface area contributed by atoms with E-state index in [9.17, 15) is 13.2 Å². The number of ether oxygens (including phenoxy) is 1. The Kier molecular flexibility index (Phi) is 3.18. The Morgan fingerprint density at radius 3 is 2.72 bits per heavy atom. The first kappa shape index (κ1) is 13.1. The summed E-state index contributed by atoms with van der Waals surface area (Å²) in [6.45, 7) is 0. The minimum atomic E-state index is -3.77. The number of carbonyl (C=O) groups is 1. The standard InChI is InChI=1S/C11H10ClNO4S/c1-17-11(14)10(13)9-4-6-2-3-7(12)5-8(6)18(9,15)16/h2-5,10H,13H2,1H3. The molecule has 0 fully saturated rings. The molecule has 1 aromatic carbocycles. The number of methoxy groups -OCH3 is 1. The molecule has 1 heterocycles. The summed E-state index contributed by atoms with van der Waals surface area (Å²) in [5, 5.41) is 0.304. The van der Waals surface area contributed by atoms with Gasteiger partial charge in [-0.2, -0.15) is 0 Å². The third kappa shape index (κ3) is 1.92. The molecule has 2 N–H and O–H groups in total. The smallest absolute Gasteiger partial charge is 0.328 e. The SMILES string of the molecule is COC(=O)C(N)C1=Cc2ccc(Cl)cc2S1(=O)=O. The highest BCUT2D eigenvalue weighted by molar-refractivity contribution is 7.96. The summed E-state index contributed by atoms with van der Waals surface area (Å²) in [5.74, 6) is -0.802. The lowest BCUT2D eigenvalue weighted by atomic mass is 10.2. The van der Waals surface area contributed by atoms with E-state index in [1.807, 2.05) is 0 Å². The van der Waals surface area contributed by atoms with Gasteiger partial charge in [0.2, 0.25) is 9.84 Å². The fourth-order valence-electron chi connectivity index (χ4n) is 1.72. The van der Waals surface area contributed by atoms with Crippen molar-refractivity contribution in [2.45, 2.75) is 10.9 Å². The van der Waals surface area contributed by atoms with Crippen LogP contribution in [-0.4, -0.2) is 27.5 Å². The monoisotopic (exact) mass is 287 g/mol. The maximum absolute atomic E-state index is 12.2. The predicted molar refractivity (Wildman–Crippen MR) is 66.6 cm³/mol. The van der Waals surface area contributed by atoms with Gasteiger partial charge in [-0.1, -0.05) is 17.7 Å². The topological polar surface area (TPSA) is 86.5 Å². The lowest BCUT2D eigenvalue weighted by Gasteiger charge is -2.10. The van der Waals surface area contributed by atoms with Gasteiger partial charge >= 0.3 is 5.97 Å². The van der Waals surface area contributed by atoms with Crippen molar-refractivity contribution in [2.75, 3.05) is 7.11 Å². The van der Waals surface area contributed by atoms with E-state index in [1.54, 1.807) is 12.1 Å². The molecule has 0 bridgehead atoms. The summed E-state index contributed by atoms with van der Waals surface area (Å²) in [6.07, 6.45) is 1.36. The van der Waals surface area contributed by atoms with Crippen LogP contribution in [0.4, 0.5) is 0 Å². The van der Waals surface area contributed by atoms with E-state index in [4.69, 9.17) is 17.3 Å². The van der Waals surface area contributed by atoms with Gasteiger partial charge in [0.05, 0.1) is 16.9 Å². The Morgan fingerprint density at radius 2 is 2.11 bits per heavy atom. The van der Waals surface area contributed by atoms with Gasteiger partial charge in [-0.05, 0) is 23.8 Å². The molecule has 0 spiro atoms. The molecule has 0 saturated heterocycles. The average molecular weight is 288 g/mol. The number of nitrogens with two attached hydrogens (primary N) is 1. The molecule has 0 radical (unpaired) electrons. The van der Waals surface area contributed by atoms with Crippen molar-refractivity contribution in [1.82, 2.24) is 0 Å². The molecule has 96 valence electrons. The van der Waals surface area contributed by atoms with Gasteiger partial charge in [0.15, 0.2) is 0 Å². The number of rotatable bonds is 2. The van der Waals surface area contributed by atoms with Crippen LogP contribution in [0, 0.1) is 0 Å². The first-order valence-corrected chi connectivity index (χ1v) is 6.83.